The smallest absolute Gasteiger partial charge is 0.348 e. The molecule has 0 aromatic carbocycles. The van der Waals surface area contributed by atoms with Crippen molar-refractivity contribution < 1.29 is 0 Å². The summed E-state index contributed by atoms with van der Waals surface area (Å²) < 4.78 is 1.38. The van der Waals surface area contributed by atoms with Gasteiger partial charge in [-0.3, -0.25) is 0 Å². The van der Waals surface area contributed by atoms with Gasteiger partial charge in [0, 0.05) is 19.7 Å². The Labute approximate surface area is 105 Å². The lowest BCUT2D eigenvalue weighted by Crippen LogP contribution is -2.30. The Kier molecular flexibility index (Phi) is 3.61. The first-order valence-electron chi connectivity index (χ1n) is 5.90. The number of anilines is 1. The second-order valence-electron chi connectivity index (χ2n) is 4.55. The van der Waals surface area contributed by atoms with Crippen LogP contribution in [0, 0.1) is 5.92 Å². The van der Waals surface area contributed by atoms with Gasteiger partial charge in [-0.25, -0.2) is 19.3 Å². The zero-order chi connectivity index (χ0) is 13.1. The quantitative estimate of drug-likeness (QED) is 0.762. The maximum absolute atomic E-state index is 11.3. The van der Waals surface area contributed by atoms with Gasteiger partial charge < -0.3 is 10.2 Å². The zero-order valence-electron chi connectivity index (χ0n) is 10.8. The minimum atomic E-state index is -0.268. The lowest BCUT2D eigenvalue weighted by atomic mass is 10.1. The van der Waals surface area contributed by atoms with Gasteiger partial charge in [0.25, 0.3) is 0 Å². The molecule has 2 heterocycles. The molecule has 1 atom stereocenters. The Bertz CT molecular complexity index is 574. The van der Waals surface area contributed by atoms with Crippen LogP contribution in [0.4, 0.5) is 5.82 Å². The Morgan fingerprint density at radius 1 is 1.61 bits per heavy atom. The van der Waals surface area contributed by atoms with Crippen molar-refractivity contribution >= 4 is 11.5 Å². The first kappa shape index (κ1) is 12.6. The number of nitrogens with one attached hydrogen (secondary N) is 2. The topological polar surface area (TPSA) is 78.3 Å². The fourth-order valence-electron chi connectivity index (χ4n) is 1.98. The van der Waals surface area contributed by atoms with Gasteiger partial charge in [0.1, 0.15) is 12.1 Å². The van der Waals surface area contributed by atoms with E-state index in [0.717, 1.165) is 18.9 Å². The third-order valence-corrected chi connectivity index (χ3v) is 2.82. The van der Waals surface area contributed by atoms with Crippen molar-refractivity contribution in [3.63, 3.8) is 0 Å². The van der Waals surface area contributed by atoms with Crippen molar-refractivity contribution in [3.05, 3.63) is 22.9 Å². The van der Waals surface area contributed by atoms with Gasteiger partial charge in [-0.15, -0.1) is 0 Å². The first-order chi connectivity index (χ1) is 8.61. The average molecular weight is 250 g/mol. The van der Waals surface area contributed by atoms with Gasteiger partial charge in [-0.05, 0) is 19.5 Å². The highest BCUT2D eigenvalue weighted by Crippen LogP contribution is 2.11. The first-order valence-corrected chi connectivity index (χ1v) is 5.90. The van der Waals surface area contributed by atoms with Crippen LogP contribution >= 0.6 is 0 Å². The van der Waals surface area contributed by atoms with Crippen LogP contribution in [0.1, 0.15) is 6.92 Å². The van der Waals surface area contributed by atoms with E-state index < -0.39 is 0 Å². The largest absolute Gasteiger partial charge is 0.359 e. The number of H-pyrrole nitrogens is 1. The number of fused-ring (bicyclic) bond motifs is 1. The summed E-state index contributed by atoms with van der Waals surface area (Å²) in [5, 5.41) is 9.46. The Morgan fingerprint density at radius 3 is 3.11 bits per heavy atom. The number of aromatic nitrogens is 4. The summed E-state index contributed by atoms with van der Waals surface area (Å²) in [5.74, 6) is 1.32. The Balaban J connectivity index is 2.17. The molecule has 2 aromatic heterocycles. The van der Waals surface area contributed by atoms with E-state index in [1.165, 1.54) is 10.7 Å². The SMILES string of the molecule is CNCC(C)CN(C)c1cc2n[nH]c(=O)n2cn1. The van der Waals surface area contributed by atoms with Crippen molar-refractivity contribution in [2.45, 2.75) is 6.92 Å². The number of aromatic amines is 1. The van der Waals surface area contributed by atoms with Crippen LogP contribution in [0.25, 0.3) is 5.65 Å². The maximum atomic E-state index is 11.3. The van der Waals surface area contributed by atoms with Crippen LogP contribution in [0.2, 0.25) is 0 Å². The average Bonchev–Trinajstić information content (AvgIpc) is 2.71. The molecule has 2 rings (SSSR count). The van der Waals surface area contributed by atoms with Crippen LogP contribution in [-0.4, -0.2) is 46.8 Å². The fraction of sp³-hybridized carbons (Fsp3) is 0.545. The molecule has 18 heavy (non-hydrogen) atoms. The molecule has 0 spiro atoms. The Hall–Kier alpha value is -1.89. The lowest BCUT2D eigenvalue weighted by molar-refractivity contribution is 0.540. The molecule has 98 valence electrons. The third-order valence-electron chi connectivity index (χ3n) is 2.82. The van der Waals surface area contributed by atoms with Crippen molar-refractivity contribution in [1.82, 2.24) is 24.9 Å². The molecule has 0 radical (unpaired) electrons. The third kappa shape index (κ3) is 2.51. The maximum Gasteiger partial charge on any atom is 0.348 e. The van der Waals surface area contributed by atoms with Crippen LogP contribution in [0.5, 0.6) is 0 Å². The fourth-order valence-corrected chi connectivity index (χ4v) is 1.98. The van der Waals surface area contributed by atoms with Crippen molar-refractivity contribution in [2.24, 2.45) is 5.92 Å². The van der Waals surface area contributed by atoms with Crippen LogP contribution in [0.15, 0.2) is 17.2 Å². The summed E-state index contributed by atoms with van der Waals surface area (Å²) in [6, 6.07) is 1.80. The predicted molar refractivity (Wildman–Crippen MR) is 70.0 cm³/mol. The number of hydrogen-bond donors (Lipinski definition) is 2. The minimum absolute atomic E-state index is 0.268. The number of hydrogen-bond acceptors (Lipinski definition) is 5. The molecule has 0 saturated heterocycles. The molecule has 0 saturated carbocycles. The molecule has 2 N–H and O–H groups in total. The van der Waals surface area contributed by atoms with Gasteiger partial charge in [0.2, 0.25) is 0 Å². The highest BCUT2D eigenvalue weighted by molar-refractivity contribution is 5.49. The molecule has 2 aromatic rings. The van der Waals surface area contributed by atoms with Gasteiger partial charge in [0.15, 0.2) is 5.65 Å². The lowest BCUT2D eigenvalue weighted by Gasteiger charge is -2.22. The van der Waals surface area contributed by atoms with E-state index in [0.29, 0.717) is 11.6 Å². The standard InChI is InChI=1S/C11H18N6O/c1-8(5-12-2)6-16(3)9-4-10-14-15-11(18)17(10)7-13-9/h4,7-8,12H,5-6H2,1-3H3,(H,15,18). The second kappa shape index (κ2) is 5.18. The normalized spacial score (nSPS) is 12.8. The molecule has 7 nitrogen and oxygen atoms in total. The van der Waals surface area contributed by atoms with Crippen LogP contribution in [-0.2, 0) is 0 Å². The van der Waals surface area contributed by atoms with Crippen molar-refractivity contribution in [3.8, 4) is 0 Å². The van der Waals surface area contributed by atoms with Gasteiger partial charge in [-0.2, -0.15) is 5.10 Å². The van der Waals surface area contributed by atoms with E-state index in [1.807, 2.05) is 14.1 Å². The molecule has 7 heteroatoms. The van der Waals surface area contributed by atoms with Crippen LogP contribution in [0.3, 0.4) is 0 Å². The molecule has 0 amide bonds. The summed E-state index contributed by atoms with van der Waals surface area (Å²) in [6.45, 7) is 4.01. The zero-order valence-corrected chi connectivity index (χ0v) is 10.8. The van der Waals surface area contributed by atoms with Crippen molar-refractivity contribution in [1.29, 1.82) is 0 Å². The molecule has 0 aliphatic carbocycles. The minimum Gasteiger partial charge on any atom is -0.359 e. The summed E-state index contributed by atoms with van der Waals surface area (Å²) in [4.78, 5) is 17.6. The Morgan fingerprint density at radius 2 is 2.39 bits per heavy atom. The number of rotatable bonds is 5. The van der Waals surface area contributed by atoms with E-state index in [-0.39, 0.29) is 5.69 Å². The summed E-state index contributed by atoms with van der Waals surface area (Å²) in [6.07, 6.45) is 1.50. The highest BCUT2D eigenvalue weighted by atomic mass is 16.1. The van der Waals surface area contributed by atoms with Crippen LogP contribution < -0.4 is 15.9 Å². The summed E-state index contributed by atoms with van der Waals surface area (Å²) >= 11 is 0. The van der Waals surface area contributed by atoms with E-state index >= 15 is 0 Å². The predicted octanol–water partition coefficient (Wildman–Crippen LogP) is -0.291. The summed E-state index contributed by atoms with van der Waals surface area (Å²) in [7, 11) is 3.92. The molecule has 0 aliphatic heterocycles. The molecule has 0 bridgehead atoms. The van der Waals surface area contributed by atoms with Gasteiger partial charge >= 0.3 is 5.69 Å². The van der Waals surface area contributed by atoms with E-state index in [1.54, 1.807) is 6.07 Å². The van der Waals surface area contributed by atoms with E-state index in [2.05, 4.69) is 32.3 Å². The van der Waals surface area contributed by atoms with E-state index in [4.69, 9.17) is 0 Å². The summed E-state index contributed by atoms with van der Waals surface area (Å²) in [5.41, 5.74) is 0.313. The molecule has 0 fully saturated rings. The van der Waals surface area contributed by atoms with Gasteiger partial charge in [-0.1, -0.05) is 6.92 Å². The van der Waals surface area contributed by atoms with E-state index in [9.17, 15) is 4.79 Å². The van der Waals surface area contributed by atoms with Gasteiger partial charge in [0.05, 0.1) is 0 Å². The highest BCUT2D eigenvalue weighted by Gasteiger charge is 2.09. The molecular formula is C11H18N6O. The van der Waals surface area contributed by atoms with Crippen molar-refractivity contribution in [2.75, 3.05) is 32.1 Å². The molecule has 0 aliphatic rings. The molecular weight excluding hydrogens is 232 g/mol. The second-order valence-corrected chi connectivity index (χ2v) is 4.55. The molecule has 1 unspecified atom stereocenters. The monoisotopic (exact) mass is 250 g/mol. The number of nitrogens with zero attached hydrogens (tertiary/aromatic N) is 4.